The molecule has 2 aromatic rings. The maximum atomic E-state index is 4.81. The zero-order chi connectivity index (χ0) is 13.4. The maximum absolute atomic E-state index is 4.81. The molecule has 19 heavy (non-hydrogen) atoms. The van der Waals surface area contributed by atoms with Gasteiger partial charge in [0.2, 0.25) is 0 Å². The van der Waals surface area contributed by atoms with Gasteiger partial charge in [0.25, 0.3) is 0 Å². The molecule has 0 N–H and O–H groups in total. The van der Waals surface area contributed by atoms with Crippen molar-refractivity contribution in [3.63, 3.8) is 0 Å². The van der Waals surface area contributed by atoms with E-state index < -0.39 is 0 Å². The zero-order valence-electron chi connectivity index (χ0n) is 11.8. The fourth-order valence-electron chi connectivity index (χ4n) is 2.30. The summed E-state index contributed by atoms with van der Waals surface area (Å²) < 4.78 is 2.39. The summed E-state index contributed by atoms with van der Waals surface area (Å²) >= 11 is 1.75. The van der Waals surface area contributed by atoms with Crippen molar-refractivity contribution in [2.24, 2.45) is 4.99 Å². The number of benzene rings is 1. The van der Waals surface area contributed by atoms with Gasteiger partial charge in [-0.2, -0.15) is 0 Å². The molecule has 0 amide bonds. The Morgan fingerprint density at radius 1 is 1.21 bits per heavy atom. The van der Waals surface area contributed by atoms with Crippen LogP contribution < -0.4 is 4.80 Å². The molecule has 0 aliphatic heterocycles. The van der Waals surface area contributed by atoms with E-state index in [1.807, 2.05) is 0 Å². The molecule has 0 spiro atoms. The quantitative estimate of drug-likeness (QED) is 0.780. The number of thiazole rings is 1. The predicted octanol–water partition coefficient (Wildman–Crippen LogP) is 4.55. The Morgan fingerprint density at radius 2 is 1.89 bits per heavy atom. The van der Waals surface area contributed by atoms with Crippen LogP contribution in [0.5, 0.6) is 0 Å². The number of hydrogen-bond donors (Lipinski definition) is 0. The van der Waals surface area contributed by atoms with Gasteiger partial charge in [0.05, 0.1) is 5.69 Å². The second kappa shape index (κ2) is 4.97. The highest BCUT2D eigenvalue weighted by Crippen LogP contribution is 2.35. The number of aromatic nitrogens is 1. The van der Waals surface area contributed by atoms with E-state index in [-0.39, 0.29) is 0 Å². The van der Waals surface area contributed by atoms with Gasteiger partial charge in [-0.15, -0.1) is 11.3 Å². The van der Waals surface area contributed by atoms with E-state index in [0.717, 1.165) is 10.5 Å². The van der Waals surface area contributed by atoms with E-state index in [0.29, 0.717) is 12.0 Å². The molecular weight excluding hydrogens is 252 g/mol. The lowest BCUT2D eigenvalue weighted by Gasteiger charge is -2.05. The van der Waals surface area contributed by atoms with Crippen LogP contribution in [0.2, 0.25) is 0 Å². The summed E-state index contributed by atoms with van der Waals surface area (Å²) in [7, 11) is 0. The summed E-state index contributed by atoms with van der Waals surface area (Å²) in [5, 5.41) is 2.21. The Bertz CT molecular complexity index is 628. The summed E-state index contributed by atoms with van der Waals surface area (Å²) in [6.07, 6.45) is 2.61. The van der Waals surface area contributed by atoms with Crippen molar-refractivity contribution in [1.82, 2.24) is 4.57 Å². The first-order chi connectivity index (χ1) is 9.15. The van der Waals surface area contributed by atoms with Gasteiger partial charge >= 0.3 is 0 Å². The Balaban J connectivity index is 1.97. The first-order valence-corrected chi connectivity index (χ1v) is 7.84. The highest BCUT2D eigenvalue weighted by atomic mass is 32.1. The molecule has 100 valence electrons. The fraction of sp³-hybridized carbons (Fsp3) is 0.438. The molecule has 1 aliphatic rings. The number of hydrogen-bond acceptors (Lipinski definition) is 2. The molecule has 3 heteroatoms. The predicted molar refractivity (Wildman–Crippen MR) is 81.1 cm³/mol. The molecule has 3 rings (SSSR count). The van der Waals surface area contributed by atoms with Crippen LogP contribution >= 0.6 is 11.3 Å². The summed E-state index contributed by atoms with van der Waals surface area (Å²) in [6, 6.07) is 9.32. The van der Waals surface area contributed by atoms with E-state index in [1.54, 1.807) is 11.3 Å². The highest BCUT2D eigenvalue weighted by Gasteiger charge is 2.25. The van der Waals surface area contributed by atoms with Crippen LogP contribution in [0.1, 0.15) is 49.9 Å². The lowest BCUT2D eigenvalue weighted by atomic mass is 10.0. The SMILES string of the molecule is Cc1csc(=Nc2ccc(C(C)C)cc2)n1C1CC1. The van der Waals surface area contributed by atoms with Gasteiger partial charge in [0, 0.05) is 17.1 Å². The van der Waals surface area contributed by atoms with Crippen LogP contribution in [-0.2, 0) is 0 Å². The third-order valence-electron chi connectivity index (χ3n) is 3.62. The number of aryl methyl sites for hydroxylation is 1. The summed E-state index contributed by atoms with van der Waals surface area (Å²) in [6.45, 7) is 6.61. The fourth-order valence-corrected chi connectivity index (χ4v) is 3.26. The second-order valence-electron chi connectivity index (χ2n) is 5.62. The third-order valence-corrected chi connectivity index (χ3v) is 4.58. The van der Waals surface area contributed by atoms with Crippen LogP contribution in [0.4, 0.5) is 5.69 Å². The van der Waals surface area contributed by atoms with Crippen molar-refractivity contribution in [3.8, 4) is 0 Å². The molecule has 0 radical (unpaired) electrons. The van der Waals surface area contributed by atoms with Crippen molar-refractivity contribution in [3.05, 3.63) is 45.7 Å². The van der Waals surface area contributed by atoms with Gasteiger partial charge in [-0.1, -0.05) is 26.0 Å². The van der Waals surface area contributed by atoms with Crippen molar-refractivity contribution in [2.45, 2.75) is 45.6 Å². The summed E-state index contributed by atoms with van der Waals surface area (Å²) in [4.78, 5) is 5.94. The molecule has 0 atom stereocenters. The maximum Gasteiger partial charge on any atom is 0.190 e. The van der Waals surface area contributed by atoms with Gasteiger partial charge < -0.3 is 4.57 Å². The molecule has 0 saturated heterocycles. The molecule has 0 unspecified atom stereocenters. The van der Waals surface area contributed by atoms with Crippen LogP contribution in [0.3, 0.4) is 0 Å². The smallest absolute Gasteiger partial charge is 0.190 e. The minimum atomic E-state index is 0.578. The minimum Gasteiger partial charge on any atom is -0.318 e. The molecule has 1 aliphatic carbocycles. The first-order valence-electron chi connectivity index (χ1n) is 6.96. The van der Waals surface area contributed by atoms with Gasteiger partial charge in [0.1, 0.15) is 0 Å². The second-order valence-corrected chi connectivity index (χ2v) is 6.46. The van der Waals surface area contributed by atoms with E-state index in [2.05, 4.69) is 55.0 Å². The summed E-state index contributed by atoms with van der Waals surface area (Å²) in [5.41, 5.74) is 3.77. The largest absolute Gasteiger partial charge is 0.318 e. The molecule has 1 saturated carbocycles. The molecular formula is C16H20N2S. The lowest BCUT2D eigenvalue weighted by Crippen LogP contribution is -2.14. The third kappa shape index (κ3) is 2.66. The van der Waals surface area contributed by atoms with E-state index >= 15 is 0 Å². The highest BCUT2D eigenvalue weighted by molar-refractivity contribution is 7.07. The van der Waals surface area contributed by atoms with Crippen molar-refractivity contribution in [1.29, 1.82) is 0 Å². The minimum absolute atomic E-state index is 0.578. The monoisotopic (exact) mass is 272 g/mol. The number of rotatable bonds is 3. The van der Waals surface area contributed by atoms with E-state index in [1.165, 1.54) is 24.1 Å². The van der Waals surface area contributed by atoms with Crippen molar-refractivity contribution >= 4 is 17.0 Å². The van der Waals surface area contributed by atoms with Gasteiger partial charge in [-0.05, 0) is 43.4 Å². The first kappa shape index (κ1) is 12.7. The summed E-state index contributed by atoms with van der Waals surface area (Å²) in [5.74, 6) is 0.578. The molecule has 1 heterocycles. The Labute approximate surface area is 118 Å². The number of nitrogens with zero attached hydrogens (tertiary/aromatic N) is 2. The Morgan fingerprint density at radius 3 is 2.47 bits per heavy atom. The molecule has 0 bridgehead atoms. The topological polar surface area (TPSA) is 17.3 Å². The van der Waals surface area contributed by atoms with Gasteiger partial charge in [0.15, 0.2) is 4.80 Å². The lowest BCUT2D eigenvalue weighted by molar-refractivity contribution is 0.693. The molecule has 2 nitrogen and oxygen atoms in total. The molecule has 1 aromatic carbocycles. The Hall–Kier alpha value is -1.35. The standard InChI is InChI=1S/C16H20N2S/c1-11(2)13-4-6-14(7-5-13)17-16-18(15-8-9-15)12(3)10-19-16/h4-7,10-11,15H,8-9H2,1-3H3. The van der Waals surface area contributed by atoms with Crippen LogP contribution in [0, 0.1) is 6.92 Å². The van der Waals surface area contributed by atoms with Crippen LogP contribution in [0.25, 0.3) is 0 Å². The van der Waals surface area contributed by atoms with Crippen molar-refractivity contribution < 1.29 is 0 Å². The average Bonchev–Trinajstić information content (AvgIpc) is 3.16. The van der Waals surface area contributed by atoms with E-state index in [9.17, 15) is 0 Å². The van der Waals surface area contributed by atoms with Crippen molar-refractivity contribution in [2.75, 3.05) is 0 Å². The molecule has 1 fully saturated rings. The van der Waals surface area contributed by atoms with E-state index in [4.69, 9.17) is 4.99 Å². The molecule has 1 aromatic heterocycles. The average molecular weight is 272 g/mol. The Kier molecular flexibility index (Phi) is 3.31. The van der Waals surface area contributed by atoms with Gasteiger partial charge in [-0.3, -0.25) is 0 Å². The van der Waals surface area contributed by atoms with Crippen LogP contribution in [0.15, 0.2) is 34.6 Å². The zero-order valence-corrected chi connectivity index (χ0v) is 12.6. The van der Waals surface area contributed by atoms with Gasteiger partial charge in [-0.25, -0.2) is 4.99 Å². The van der Waals surface area contributed by atoms with Crippen LogP contribution in [-0.4, -0.2) is 4.57 Å². The normalized spacial score (nSPS) is 16.3.